The van der Waals surface area contributed by atoms with Gasteiger partial charge in [0.05, 0.1) is 28.3 Å². The second-order valence-electron chi connectivity index (χ2n) is 4.30. The second-order valence-corrected chi connectivity index (χ2v) is 5.36. The Morgan fingerprint density at radius 1 is 1.18 bits per heavy atom. The number of hydrogen-bond acceptors (Lipinski definition) is 4. The summed E-state index contributed by atoms with van der Waals surface area (Å²) in [4.78, 5) is 4.54. The number of fused-ring (bicyclic) bond motifs is 1. The minimum Gasteiger partial charge on any atom is -0.392 e. The molecule has 2 N–H and O–H groups in total. The number of aromatic nitrogens is 1. The highest BCUT2D eigenvalue weighted by Crippen LogP contribution is 2.33. The molecule has 0 radical (unpaired) electrons. The fourth-order valence-electron chi connectivity index (χ4n) is 2.13. The molecule has 0 fully saturated rings. The van der Waals surface area contributed by atoms with E-state index >= 15 is 0 Å². The van der Waals surface area contributed by atoms with Gasteiger partial charge < -0.3 is 10.2 Å². The van der Waals surface area contributed by atoms with Gasteiger partial charge in [-0.2, -0.15) is 0 Å². The van der Waals surface area contributed by atoms with Crippen molar-refractivity contribution in [2.45, 2.75) is 24.5 Å². The highest BCUT2D eigenvalue weighted by Gasteiger charge is 2.27. The number of benzene rings is 1. The van der Waals surface area contributed by atoms with Crippen LogP contribution in [0, 0.1) is 0 Å². The van der Waals surface area contributed by atoms with Crippen molar-refractivity contribution in [3.63, 3.8) is 0 Å². The summed E-state index contributed by atoms with van der Waals surface area (Å²) in [5.74, 6) is -0.0872. The van der Waals surface area contributed by atoms with E-state index in [2.05, 4.69) is 4.98 Å². The van der Waals surface area contributed by atoms with Gasteiger partial charge in [0.25, 0.3) is 0 Å². The number of hydrogen-bond donors (Lipinski definition) is 2. The number of para-hydroxylation sites is 1. The molecule has 0 amide bonds. The van der Waals surface area contributed by atoms with E-state index in [0.29, 0.717) is 6.42 Å². The molecule has 0 saturated carbocycles. The molecule has 4 heteroatoms. The first-order valence-electron chi connectivity index (χ1n) is 5.64. The van der Waals surface area contributed by atoms with Gasteiger partial charge >= 0.3 is 0 Å². The summed E-state index contributed by atoms with van der Waals surface area (Å²) in [7, 11) is 0. The van der Waals surface area contributed by atoms with Gasteiger partial charge in [0, 0.05) is 6.42 Å². The Hall–Kier alpha value is -1.23. The third-order valence-electron chi connectivity index (χ3n) is 3.03. The Morgan fingerprint density at radius 3 is 2.76 bits per heavy atom. The summed E-state index contributed by atoms with van der Waals surface area (Å²) in [6.45, 7) is 0. The third kappa shape index (κ3) is 1.99. The molecule has 88 valence electrons. The smallest absolute Gasteiger partial charge is 0.103 e. The molecule has 0 bridgehead atoms. The Balaban J connectivity index is 2.01. The van der Waals surface area contributed by atoms with Crippen LogP contribution in [0.5, 0.6) is 0 Å². The largest absolute Gasteiger partial charge is 0.392 e. The monoisotopic (exact) mass is 247 g/mol. The van der Waals surface area contributed by atoms with Crippen molar-refractivity contribution in [3.8, 4) is 0 Å². The van der Waals surface area contributed by atoms with Crippen molar-refractivity contribution >= 4 is 21.6 Å². The van der Waals surface area contributed by atoms with Crippen LogP contribution in [0.4, 0.5) is 0 Å². The first kappa shape index (κ1) is 10.9. The van der Waals surface area contributed by atoms with Gasteiger partial charge in [0.1, 0.15) is 5.01 Å². The van der Waals surface area contributed by atoms with Crippen molar-refractivity contribution in [2.24, 2.45) is 0 Å². The zero-order valence-electron chi connectivity index (χ0n) is 9.15. The van der Waals surface area contributed by atoms with Crippen LogP contribution in [-0.2, 0) is 0 Å². The average Bonchev–Trinajstić information content (AvgIpc) is 2.72. The van der Waals surface area contributed by atoms with E-state index in [1.807, 2.05) is 30.3 Å². The van der Waals surface area contributed by atoms with E-state index < -0.39 is 12.2 Å². The molecule has 3 rings (SSSR count). The minimum atomic E-state index is -0.546. The highest BCUT2D eigenvalue weighted by atomic mass is 32.1. The SMILES string of the molecule is OC1C=CC(c2nc3ccccc3s2)C(O)C1. The third-order valence-corrected chi connectivity index (χ3v) is 4.17. The van der Waals surface area contributed by atoms with Crippen molar-refractivity contribution in [2.75, 3.05) is 0 Å². The van der Waals surface area contributed by atoms with Crippen molar-refractivity contribution in [3.05, 3.63) is 41.4 Å². The van der Waals surface area contributed by atoms with Gasteiger partial charge in [0.2, 0.25) is 0 Å². The second kappa shape index (κ2) is 4.22. The summed E-state index contributed by atoms with van der Waals surface area (Å²) < 4.78 is 1.13. The van der Waals surface area contributed by atoms with Gasteiger partial charge in [-0.3, -0.25) is 0 Å². The fourth-order valence-corrected chi connectivity index (χ4v) is 3.23. The van der Waals surface area contributed by atoms with Crippen LogP contribution in [0.25, 0.3) is 10.2 Å². The molecule has 1 aromatic heterocycles. The van der Waals surface area contributed by atoms with Crippen LogP contribution in [-0.4, -0.2) is 27.4 Å². The maximum atomic E-state index is 9.97. The van der Waals surface area contributed by atoms with Gasteiger partial charge in [-0.1, -0.05) is 24.3 Å². The molecule has 3 unspecified atom stereocenters. The summed E-state index contributed by atoms with van der Waals surface area (Å²) in [6, 6.07) is 7.96. The molecule has 0 saturated heterocycles. The number of nitrogens with zero attached hydrogens (tertiary/aromatic N) is 1. The van der Waals surface area contributed by atoms with E-state index in [1.165, 1.54) is 0 Å². The lowest BCUT2D eigenvalue weighted by Crippen LogP contribution is -2.26. The van der Waals surface area contributed by atoms with E-state index in [1.54, 1.807) is 17.4 Å². The molecule has 2 aromatic rings. The van der Waals surface area contributed by atoms with Gasteiger partial charge in [-0.15, -0.1) is 11.3 Å². The van der Waals surface area contributed by atoms with Gasteiger partial charge in [0.15, 0.2) is 0 Å². The van der Waals surface area contributed by atoms with Crippen LogP contribution in [0.1, 0.15) is 17.3 Å². The maximum absolute atomic E-state index is 9.97. The quantitative estimate of drug-likeness (QED) is 0.758. The number of rotatable bonds is 1. The van der Waals surface area contributed by atoms with E-state index in [4.69, 9.17) is 0 Å². The fraction of sp³-hybridized carbons (Fsp3) is 0.308. The lowest BCUT2D eigenvalue weighted by atomic mass is 9.92. The molecule has 3 atom stereocenters. The summed E-state index contributed by atoms with van der Waals surface area (Å²) in [5, 5.41) is 20.3. The Labute approximate surface area is 103 Å². The average molecular weight is 247 g/mol. The van der Waals surface area contributed by atoms with Crippen LogP contribution in [0.15, 0.2) is 36.4 Å². The molecule has 1 heterocycles. The molecule has 1 aliphatic carbocycles. The molecule has 1 aliphatic rings. The number of thiazole rings is 1. The highest BCUT2D eigenvalue weighted by molar-refractivity contribution is 7.18. The number of aliphatic hydroxyl groups is 2. The molecular weight excluding hydrogens is 234 g/mol. The standard InChI is InChI=1S/C13H13NO2S/c15-8-5-6-9(11(16)7-8)13-14-10-3-1-2-4-12(10)17-13/h1-6,8-9,11,15-16H,7H2. The van der Waals surface area contributed by atoms with Crippen LogP contribution in [0.3, 0.4) is 0 Å². The van der Waals surface area contributed by atoms with Gasteiger partial charge in [-0.05, 0) is 12.1 Å². The summed E-state index contributed by atoms with van der Waals surface area (Å²) >= 11 is 1.60. The molecule has 1 aromatic carbocycles. The lowest BCUT2D eigenvalue weighted by molar-refractivity contribution is 0.0846. The van der Waals surface area contributed by atoms with Crippen molar-refractivity contribution in [1.29, 1.82) is 0 Å². The Morgan fingerprint density at radius 2 is 2.00 bits per heavy atom. The summed E-state index contributed by atoms with van der Waals surface area (Å²) in [6.07, 6.45) is 2.91. The molecule has 17 heavy (non-hydrogen) atoms. The number of aliphatic hydroxyl groups excluding tert-OH is 2. The van der Waals surface area contributed by atoms with E-state index in [9.17, 15) is 10.2 Å². The molecule has 0 spiro atoms. The van der Waals surface area contributed by atoms with E-state index in [0.717, 1.165) is 15.2 Å². The first-order valence-corrected chi connectivity index (χ1v) is 6.45. The lowest BCUT2D eigenvalue weighted by Gasteiger charge is -2.23. The summed E-state index contributed by atoms with van der Waals surface area (Å²) in [5.41, 5.74) is 0.972. The van der Waals surface area contributed by atoms with Crippen molar-refractivity contribution < 1.29 is 10.2 Å². The van der Waals surface area contributed by atoms with E-state index in [-0.39, 0.29) is 5.92 Å². The van der Waals surface area contributed by atoms with Crippen LogP contribution >= 0.6 is 11.3 Å². The Kier molecular flexibility index (Phi) is 2.70. The topological polar surface area (TPSA) is 53.4 Å². The zero-order chi connectivity index (χ0) is 11.8. The maximum Gasteiger partial charge on any atom is 0.103 e. The predicted octanol–water partition coefficient (Wildman–Crippen LogP) is 2.06. The molecule has 3 nitrogen and oxygen atoms in total. The van der Waals surface area contributed by atoms with Crippen LogP contribution in [0.2, 0.25) is 0 Å². The predicted molar refractivity (Wildman–Crippen MR) is 68.1 cm³/mol. The molecule has 0 aliphatic heterocycles. The van der Waals surface area contributed by atoms with Crippen molar-refractivity contribution in [1.82, 2.24) is 4.98 Å². The normalized spacial score (nSPS) is 28.7. The zero-order valence-corrected chi connectivity index (χ0v) is 9.97. The van der Waals surface area contributed by atoms with Crippen LogP contribution < -0.4 is 0 Å². The Bertz CT molecular complexity index is 530. The molecular formula is C13H13NO2S. The minimum absolute atomic E-state index is 0.0872. The first-order chi connectivity index (χ1) is 8.24. The van der Waals surface area contributed by atoms with Gasteiger partial charge in [-0.25, -0.2) is 4.98 Å².